The van der Waals surface area contributed by atoms with E-state index in [1.165, 1.54) is 6.07 Å². The Labute approximate surface area is 77.8 Å². The first kappa shape index (κ1) is 9.86. The van der Waals surface area contributed by atoms with E-state index in [4.69, 9.17) is 5.73 Å². The lowest BCUT2D eigenvalue weighted by Crippen LogP contribution is -2.15. The van der Waals surface area contributed by atoms with Crippen molar-refractivity contribution in [3.05, 3.63) is 23.8 Å². The van der Waals surface area contributed by atoms with E-state index in [9.17, 15) is 10.2 Å². The SMILES string of the molecule is C[C@H](N)CCc1cccc(O)c1O. The van der Waals surface area contributed by atoms with Crippen LogP contribution in [0.3, 0.4) is 0 Å². The topological polar surface area (TPSA) is 66.5 Å². The summed E-state index contributed by atoms with van der Waals surface area (Å²) < 4.78 is 0. The lowest BCUT2D eigenvalue weighted by Gasteiger charge is -2.07. The molecular weight excluding hydrogens is 166 g/mol. The van der Waals surface area contributed by atoms with Gasteiger partial charge < -0.3 is 15.9 Å². The van der Waals surface area contributed by atoms with Crippen molar-refractivity contribution in [1.82, 2.24) is 0 Å². The molecule has 0 aliphatic rings. The highest BCUT2D eigenvalue weighted by atomic mass is 16.3. The number of phenolic OH excluding ortho intramolecular Hbond substituents is 2. The summed E-state index contributed by atoms with van der Waals surface area (Å²) in [5, 5.41) is 18.6. The third kappa shape index (κ3) is 2.63. The minimum Gasteiger partial charge on any atom is -0.504 e. The Morgan fingerprint density at radius 2 is 2.08 bits per heavy atom. The number of rotatable bonds is 3. The molecule has 0 saturated heterocycles. The van der Waals surface area contributed by atoms with E-state index in [2.05, 4.69) is 0 Å². The zero-order chi connectivity index (χ0) is 9.84. The number of phenols is 2. The number of hydrogen-bond donors (Lipinski definition) is 3. The molecule has 0 saturated carbocycles. The van der Waals surface area contributed by atoms with E-state index >= 15 is 0 Å². The maximum Gasteiger partial charge on any atom is 0.160 e. The first-order valence-corrected chi connectivity index (χ1v) is 4.36. The van der Waals surface area contributed by atoms with E-state index in [0.717, 1.165) is 12.0 Å². The van der Waals surface area contributed by atoms with Crippen LogP contribution in [0, 0.1) is 0 Å². The lowest BCUT2D eigenvalue weighted by atomic mass is 10.1. The maximum atomic E-state index is 9.42. The van der Waals surface area contributed by atoms with Crippen LogP contribution >= 0.6 is 0 Å². The summed E-state index contributed by atoms with van der Waals surface area (Å²) in [5.41, 5.74) is 6.33. The summed E-state index contributed by atoms with van der Waals surface area (Å²) in [6.07, 6.45) is 1.49. The van der Waals surface area contributed by atoms with E-state index < -0.39 is 0 Å². The predicted molar refractivity (Wildman–Crippen MR) is 51.7 cm³/mol. The Morgan fingerprint density at radius 3 is 2.69 bits per heavy atom. The van der Waals surface area contributed by atoms with Crippen LogP contribution in [-0.2, 0) is 6.42 Å². The molecule has 0 heterocycles. The number of benzene rings is 1. The molecule has 1 aromatic carbocycles. The Balaban J connectivity index is 2.71. The molecule has 0 spiro atoms. The smallest absolute Gasteiger partial charge is 0.160 e. The van der Waals surface area contributed by atoms with Gasteiger partial charge in [0, 0.05) is 6.04 Å². The molecule has 0 amide bonds. The number of nitrogens with two attached hydrogens (primary N) is 1. The summed E-state index contributed by atoms with van der Waals surface area (Å²) in [4.78, 5) is 0. The summed E-state index contributed by atoms with van der Waals surface area (Å²) in [6.45, 7) is 1.92. The molecule has 0 aliphatic carbocycles. The van der Waals surface area contributed by atoms with Gasteiger partial charge in [-0.1, -0.05) is 12.1 Å². The van der Waals surface area contributed by atoms with E-state index in [0.29, 0.717) is 6.42 Å². The van der Waals surface area contributed by atoms with Gasteiger partial charge in [0.25, 0.3) is 0 Å². The fourth-order valence-corrected chi connectivity index (χ4v) is 1.16. The molecule has 0 unspecified atom stereocenters. The average molecular weight is 181 g/mol. The molecule has 0 bridgehead atoms. The molecule has 3 heteroatoms. The van der Waals surface area contributed by atoms with Gasteiger partial charge in [-0.15, -0.1) is 0 Å². The molecule has 0 aromatic heterocycles. The minimum absolute atomic E-state index is 0.0249. The van der Waals surface area contributed by atoms with Gasteiger partial charge in [0.2, 0.25) is 0 Å². The van der Waals surface area contributed by atoms with Crippen molar-refractivity contribution in [3.63, 3.8) is 0 Å². The molecule has 1 aromatic rings. The van der Waals surface area contributed by atoms with Crippen molar-refractivity contribution in [3.8, 4) is 11.5 Å². The van der Waals surface area contributed by atoms with E-state index in [1.54, 1.807) is 12.1 Å². The van der Waals surface area contributed by atoms with Crippen molar-refractivity contribution in [2.75, 3.05) is 0 Å². The second-order valence-electron chi connectivity index (χ2n) is 3.30. The highest BCUT2D eigenvalue weighted by Crippen LogP contribution is 2.28. The first-order chi connectivity index (χ1) is 6.11. The highest BCUT2D eigenvalue weighted by molar-refractivity contribution is 5.44. The predicted octanol–water partition coefficient (Wildman–Crippen LogP) is 1.38. The fraction of sp³-hybridized carbons (Fsp3) is 0.400. The molecule has 0 fully saturated rings. The van der Waals surface area contributed by atoms with Crippen molar-refractivity contribution >= 4 is 0 Å². The fourth-order valence-electron chi connectivity index (χ4n) is 1.16. The van der Waals surface area contributed by atoms with Gasteiger partial charge in [-0.3, -0.25) is 0 Å². The number of para-hydroxylation sites is 1. The number of hydrogen-bond acceptors (Lipinski definition) is 3. The molecule has 4 N–H and O–H groups in total. The zero-order valence-corrected chi connectivity index (χ0v) is 7.70. The Hall–Kier alpha value is -1.22. The molecular formula is C10H15NO2. The summed E-state index contributed by atoms with van der Waals surface area (Å²) in [7, 11) is 0. The van der Waals surface area contributed by atoms with E-state index in [1.807, 2.05) is 6.92 Å². The summed E-state index contributed by atoms with van der Waals surface area (Å²) in [6, 6.07) is 5.08. The third-order valence-electron chi connectivity index (χ3n) is 1.97. The van der Waals surface area contributed by atoms with Gasteiger partial charge in [-0.05, 0) is 31.4 Å². The van der Waals surface area contributed by atoms with Gasteiger partial charge in [0.05, 0.1) is 0 Å². The van der Waals surface area contributed by atoms with Crippen LogP contribution in [0.5, 0.6) is 11.5 Å². The molecule has 1 atom stereocenters. The van der Waals surface area contributed by atoms with Crippen molar-refractivity contribution in [2.45, 2.75) is 25.8 Å². The van der Waals surface area contributed by atoms with Crippen LogP contribution in [-0.4, -0.2) is 16.3 Å². The van der Waals surface area contributed by atoms with Gasteiger partial charge in [0.1, 0.15) is 0 Å². The number of aromatic hydroxyl groups is 2. The largest absolute Gasteiger partial charge is 0.504 e. The van der Waals surface area contributed by atoms with Crippen molar-refractivity contribution in [2.24, 2.45) is 5.73 Å². The van der Waals surface area contributed by atoms with E-state index in [-0.39, 0.29) is 17.5 Å². The van der Waals surface area contributed by atoms with Gasteiger partial charge >= 0.3 is 0 Å². The van der Waals surface area contributed by atoms with Gasteiger partial charge in [0.15, 0.2) is 11.5 Å². The minimum atomic E-state index is -0.0674. The van der Waals surface area contributed by atoms with Crippen molar-refractivity contribution < 1.29 is 10.2 Å². The van der Waals surface area contributed by atoms with Crippen LogP contribution < -0.4 is 5.73 Å². The van der Waals surface area contributed by atoms with Crippen LogP contribution in [0.25, 0.3) is 0 Å². The molecule has 0 aliphatic heterocycles. The summed E-state index contributed by atoms with van der Waals surface area (Å²) in [5.74, 6) is -0.0923. The molecule has 13 heavy (non-hydrogen) atoms. The quantitative estimate of drug-likeness (QED) is 0.617. The Morgan fingerprint density at radius 1 is 1.38 bits per heavy atom. The van der Waals surface area contributed by atoms with Crippen LogP contribution in [0.2, 0.25) is 0 Å². The van der Waals surface area contributed by atoms with Crippen LogP contribution in [0.4, 0.5) is 0 Å². The number of aryl methyl sites for hydroxylation is 1. The van der Waals surface area contributed by atoms with Gasteiger partial charge in [-0.2, -0.15) is 0 Å². The maximum absolute atomic E-state index is 9.42. The standard InChI is InChI=1S/C10H15NO2/c1-7(11)5-6-8-3-2-4-9(12)10(8)13/h2-4,7,12-13H,5-6,11H2,1H3/t7-/m0/s1. The normalized spacial score (nSPS) is 12.8. The lowest BCUT2D eigenvalue weighted by molar-refractivity contribution is 0.398. The second kappa shape index (κ2) is 4.14. The van der Waals surface area contributed by atoms with Crippen molar-refractivity contribution in [1.29, 1.82) is 0 Å². The monoisotopic (exact) mass is 181 g/mol. The highest BCUT2D eigenvalue weighted by Gasteiger charge is 2.05. The summed E-state index contributed by atoms with van der Waals surface area (Å²) >= 11 is 0. The Bertz CT molecular complexity index is 284. The van der Waals surface area contributed by atoms with Crippen LogP contribution in [0.1, 0.15) is 18.9 Å². The first-order valence-electron chi connectivity index (χ1n) is 4.36. The zero-order valence-electron chi connectivity index (χ0n) is 7.70. The molecule has 1 rings (SSSR count). The Kier molecular flexibility index (Phi) is 3.14. The molecule has 3 nitrogen and oxygen atoms in total. The average Bonchev–Trinajstić information content (AvgIpc) is 2.07. The van der Waals surface area contributed by atoms with Gasteiger partial charge in [-0.25, -0.2) is 0 Å². The third-order valence-corrected chi connectivity index (χ3v) is 1.97. The molecule has 0 radical (unpaired) electrons. The second-order valence-corrected chi connectivity index (χ2v) is 3.30. The molecule has 72 valence electrons. The van der Waals surface area contributed by atoms with Crippen LogP contribution in [0.15, 0.2) is 18.2 Å².